The van der Waals surface area contributed by atoms with E-state index >= 15 is 0 Å². The van der Waals surface area contributed by atoms with Gasteiger partial charge in [0.2, 0.25) is 0 Å². The van der Waals surface area contributed by atoms with Crippen LogP contribution in [0, 0.1) is 5.41 Å². The van der Waals surface area contributed by atoms with Gasteiger partial charge in [-0.15, -0.1) is 0 Å². The molecule has 0 amide bonds. The summed E-state index contributed by atoms with van der Waals surface area (Å²) in [6.45, 7) is 0. The van der Waals surface area contributed by atoms with E-state index in [4.69, 9.17) is 10.5 Å². The second-order valence-corrected chi connectivity index (χ2v) is 6.01. The molecule has 0 aromatic heterocycles. The first-order valence-electron chi connectivity index (χ1n) is 5.62. The number of rotatable bonds is 0. The van der Waals surface area contributed by atoms with Crippen molar-refractivity contribution in [2.75, 3.05) is 0 Å². The minimum absolute atomic E-state index is 0.158. The van der Waals surface area contributed by atoms with Crippen LogP contribution in [0.15, 0.2) is 0 Å². The average Bonchev–Trinajstić information content (AvgIpc) is 2.96. The normalized spacial score (nSPS) is 52.8. The van der Waals surface area contributed by atoms with Crippen LogP contribution in [0.4, 0.5) is 0 Å². The van der Waals surface area contributed by atoms with Gasteiger partial charge in [-0.05, 0) is 50.4 Å². The molecule has 4 aliphatic rings. The monoisotopic (exact) mass is 179 g/mol. The van der Waals surface area contributed by atoms with E-state index in [1.54, 1.807) is 0 Å². The van der Waals surface area contributed by atoms with Crippen molar-refractivity contribution in [1.29, 1.82) is 0 Å². The third-order valence-corrected chi connectivity index (χ3v) is 4.64. The highest BCUT2D eigenvalue weighted by atomic mass is 16.5. The molecule has 3 spiro atoms. The van der Waals surface area contributed by atoms with Gasteiger partial charge in [-0.3, -0.25) is 0 Å². The van der Waals surface area contributed by atoms with Crippen LogP contribution in [-0.2, 0) is 4.74 Å². The minimum Gasteiger partial charge on any atom is -0.367 e. The molecule has 4 fully saturated rings. The maximum absolute atomic E-state index is 6.25. The molecular formula is C11H17NO. The lowest BCUT2D eigenvalue weighted by atomic mass is 9.86. The first-order valence-corrected chi connectivity index (χ1v) is 5.62. The molecule has 4 rings (SSSR count). The average molecular weight is 179 g/mol. The first-order chi connectivity index (χ1) is 6.16. The van der Waals surface area contributed by atoms with Gasteiger partial charge in [0.15, 0.2) is 0 Å². The molecule has 0 bridgehead atoms. The van der Waals surface area contributed by atoms with Crippen LogP contribution in [0.5, 0.6) is 0 Å². The Balaban J connectivity index is 1.68. The molecule has 3 aliphatic carbocycles. The smallest absolute Gasteiger partial charge is 0.0862 e. The Kier molecular flexibility index (Phi) is 0.947. The largest absolute Gasteiger partial charge is 0.367 e. The van der Waals surface area contributed by atoms with E-state index in [-0.39, 0.29) is 5.60 Å². The molecule has 2 heteroatoms. The Morgan fingerprint density at radius 1 is 1.08 bits per heavy atom. The van der Waals surface area contributed by atoms with Gasteiger partial charge in [0.1, 0.15) is 0 Å². The van der Waals surface area contributed by atoms with E-state index in [0.29, 0.717) is 17.1 Å². The van der Waals surface area contributed by atoms with Gasteiger partial charge in [0, 0.05) is 6.04 Å². The topological polar surface area (TPSA) is 35.2 Å². The third kappa shape index (κ3) is 0.861. The number of hydrogen-bond donors (Lipinski definition) is 1. The summed E-state index contributed by atoms with van der Waals surface area (Å²) >= 11 is 0. The van der Waals surface area contributed by atoms with Crippen LogP contribution in [-0.4, -0.2) is 17.2 Å². The summed E-state index contributed by atoms with van der Waals surface area (Å²) in [5.41, 5.74) is 7.18. The summed E-state index contributed by atoms with van der Waals surface area (Å²) < 4.78 is 6.25. The Morgan fingerprint density at radius 2 is 1.77 bits per heavy atom. The first kappa shape index (κ1) is 7.24. The molecule has 3 saturated carbocycles. The molecule has 13 heavy (non-hydrogen) atoms. The summed E-state index contributed by atoms with van der Waals surface area (Å²) in [4.78, 5) is 0. The van der Waals surface area contributed by atoms with Crippen molar-refractivity contribution in [2.24, 2.45) is 11.1 Å². The maximum atomic E-state index is 6.25. The molecule has 1 saturated heterocycles. The minimum atomic E-state index is 0.158. The molecule has 0 radical (unpaired) electrons. The lowest BCUT2D eigenvalue weighted by Crippen LogP contribution is -2.40. The molecule has 72 valence electrons. The van der Waals surface area contributed by atoms with Crippen molar-refractivity contribution in [2.45, 2.75) is 62.2 Å². The van der Waals surface area contributed by atoms with Crippen molar-refractivity contribution in [3.05, 3.63) is 0 Å². The predicted octanol–water partition coefficient (Wildman–Crippen LogP) is 1.58. The van der Waals surface area contributed by atoms with Crippen LogP contribution in [0.1, 0.15) is 44.9 Å². The van der Waals surface area contributed by atoms with Crippen LogP contribution >= 0.6 is 0 Å². The molecule has 1 aliphatic heterocycles. The lowest BCUT2D eigenvalue weighted by Gasteiger charge is -2.37. The van der Waals surface area contributed by atoms with Crippen molar-refractivity contribution in [3.8, 4) is 0 Å². The highest BCUT2D eigenvalue weighted by Crippen LogP contribution is 2.70. The third-order valence-electron chi connectivity index (χ3n) is 4.64. The fourth-order valence-corrected chi connectivity index (χ4v) is 3.47. The van der Waals surface area contributed by atoms with Gasteiger partial charge >= 0.3 is 0 Å². The Bertz CT molecular complexity index is 258. The van der Waals surface area contributed by atoms with Crippen molar-refractivity contribution < 1.29 is 4.74 Å². The van der Waals surface area contributed by atoms with E-state index < -0.39 is 0 Å². The van der Waals surface area contributed by atoms with E-state index in [1.807, 2.05) is 0 Å². The lowest BCUT2D eigenvalue weighted by molar-refractivity contribution is -0.114. The van der Waals surface area contributed by atoms with Gasteiger partial charge in [0.05, 0.1) is 11.2 Å². The summed E-state index contributed by atoms with van der Waals surface area (Å²) in [6, 6.07) is 0.364. The number of nitrogens with two attached hydrogens (primary N) is 1. The van der Waals surface area contributed by atoms with Crippen molar-refractivity contribution in [1.82, 2.24) is 0 Å². The van der Waals surface area contributed by atoms with E-state index in [0.717, 1.165) is 6.42 Å². The SMILES string of the molecule is NC1CC12CC1(CC1)CC1(CC1)O2. The highest BCUT2D eigenvalue weighted by Gasteiger charge is 2.70. The van der Waals surface area contributed by atoms with Gasteiger partial charge in [-0.2, -0.15) is 0 Å². The van der Waals surface area contributed by atoms with Gasteiger partial charge in [0.25, 0.3) is 0 Å². The second-order valence-electron chi connectivity index (χ2n) is 6.01. The van der Waals surface area contributed by atoms with Crippen LogP contribution in [0.3, 0.4) is 0 Å². The Morgan fingerprint density at radius 3 is 2.23 bits per heavy atom. The number of ether oxygens (including phenoxy) is 1. The quantitative estimate of drug-likeness (QED) is 0.612. The molecule has 2 nitrogen and oxygen atoms in total. The standard InChI is InChI=1S/C11H17NO/c12-8-5-11(8)7-9(1-2-9)6-10(13-11)3-4-10/h8H,1-7,12H2. The molecule has 2 unspecified atom stereocenters. The summed E-state index contributed by atoms with van der Waals surface area (Å²) in [6.07, 6.45) is 9.29. The molecule has 2 N–H and O–H groups in total. The predicted molar refractivity (Wildman–Crippen MR) is 49.3 cm³/mol. The molecule has 2 atom stereocenters. The Hall–Kier alpha value is -0.0800. The zero-order chi connectivity index (χ0) is 8.73. The maximum Gasteiger partial charge on any atom is 0.0862 e. The fourth-order valence-electron chi connectivity index (χ4n) is 3.47. The van der Waals surface area contributed by atoms with Crippen LogP contribution < -0.4 is 5.73 Å². The van der Waals surface area contributed by atoms with Gasteiger partial charge in [-0.1, -0.05) is 0 Å². The Labute approximate surface area is 78.8 Å². The molecule has 0 aromatic carbocycles. The molecule has 0 aromatic rings. The fraction of sp³-hybridized carbons (Fsp3) is 1.00. The highest BCUT2D eigenvalue weighted by molar-refractivity contribution is 5.22. The van der Waals surface area contributed by atoms with Crippen LogP contribution in [0.2, 0.25) is 0 Å². The number of hydrogen-bond acceptors (Lipinski definition) is 2. The van der Waals surface area contributed by atoms with E-state index in [2.05, 4.69) is 0 Å². The summed E-state index contributed by atoms with van der Waals surface area (Å²) in [5, 5.41) is 0. The van der Waals surface area contributed by atoms with Gasteiger partial charge < -0.3 is 10.5 Å². The van der Waals surface area contributed by atoms with Crippen molar-refractivity contribution >= 4 is 0 Å². The molecule has 1 heterocycles. The summed E-state index contributed by atoms with van der Waals surface area (Å²) in [5.74, 6) is 0. The van der Waals surface area contributed by atoms with Gasteiger partial charge in [-0.25, -0.2) is 0 Å². The zero-order valence-electron chi connectivity index (χ0n) is 8.01. The summed E-state index contributed by atoms with van der Waals surface area (Å²) in [7, 11) is 0. The second kappa shape index (κ2) is 1.70. The van der Waals surface area contributed by atoms with E-state index in [1.165, 1.54) is 38.5 Å². The molecular weight excluding hydrogens is 162 g/mol. The van der Waals surface area contributed by atoms with Crippen LogP contribution in [0.25, 0.3) is 0 Å². The van der Waals surface area contributed by atoms with E-state index in [9.17, 15) is 0 Å². The van der Waals surface area contributed by atoms with Crippen molar-refractivity contribution in [3.63, 3.8) is 0 Å². The zero-order valence-corrected chi connectivity index (χ0v) is 8.01.